The Balaban J connectivity index is 1.26. The Hall–Kier alpha value is -3.17. The second-order valence-electron chi connectivity index (χ2n) is 7.63. The number of hydrogen-bond donors (Lipinski definition) is 2. The number of aliphatic hydroxyl groups excluding tert-OH is 1. The summed E-state index contributed by atoms with van der Waals surface area (Å²) in [6.07, 6.45) is 9.13. The number of carbonyl (C=O) groups excluding carboxylic acids is 1. The fourth-order valence-corrected chi connectivity index (χ4v) is 3.76. The van der Waals surface area contributed by atoms with Crippen molar-refractivity contribution in [2.75, 3.05) is 6.61 Å². The van der Waals surface area contributed by atoms with Crippen LogP contribution in [0.5, 0.6) is 0 Å². The average molecular weight is 422 g/mol. The van der Waals surface area contributed by atoms with Gasteiger partial charge in [-0.1, -0.05) is 11.3 Å². The molecule has 4 rings (SSSR count). The fraction of sp³-hybridized carbons (Fsp3) is 0.409. The Bertz CT molecular complexity index is 966. The molecule has 0 unspecified atom stereocenters. The van der Waals surface area contributed by atoms with E-state index in [1.54, 1.807) is 23.3 Å². The van der Waals surface area contributed by atoms with Crippen LogP contribution in [0.1, 0.15) is 25.0 Å². The topological polar surface area (TPSA) is 115 Å². The highest BCUT2D eigenvalue weighted by Gasteiger charge is 2.31. The molecule has 0 aliphatic carbocycles. The quantitative estimate of drug-likeness (QED) is 0.564. The Morgan fingerprint density at radius 2 is 2.16 bits per heavy atom. The van der Waals surface area contributed by atoms with E-state index in [0.717, 1.165) is 30.5 Å². The number of ether oxygens (including phenoxy) is 1. The van der Waals surface area contributed by atoms with Crippen LogP contribution in [0.4, 0.5) is 0 Å². The minimum absolute atomic E-state index is 0.00728. The lowest BCUT2D eigenvalue weighted by Gasteiger charge is -2.36. The second kappa shape index (κ2) is 10.2. The zero-order chi connectivity index (χ0) is 21.5. The van der Waals surface area contributed by atoms with Crippen LogP contribution >= 0.6 is 0 Å². The molecule has 0 saturated carbocycles. The maximum absolute atomic E-state index is 12.3. The molecular formula is C22H26N6O3. The summed E-state index contributed by atoms with van der Waals surface area (Å²) in [6.45, 7) is 0.520. The predicted octanol–water partition coefficient (Wildman–Crippen LogP) is 1.39. The lowest BCUT2D eigenvalue weighted by atomic mass is 9.97. The van der Waals surface area contributed by atoms with E-state index in [1.165, 1.54) is 0 Å². The van der Waals surface area contributed by atoms with Crippen LogP contribution in [0, 0.1) is 0 Å². The van der Waals surface area contributed by atoms with E-state index < -0.39 is 6.10 Å². The largest absolute Gasteiger partial charge is 0.394 e. The summed E-state index contributed by atoms with van der Waals surface area (Å²) < 4.78 is 7.85. The fourth-order valence-electron chi connectivity index (χ4n) is 3.76. The number of rotatable bonds is 8. The molecule has 3 atom stereocenters. The van der Waals surface area contributed by atoms with Crippen molar-refractivity contribution in [3.63, 3.8) is 0 Å². The number of nitrogens with one attached hydrogen (secondary N) is 1. The van der Waals surface area contributed by atoms with Crippen LogP contribution in [0.15, 0.2) is 55.1 Å². The molecule has 9 heteroatoms. The first-order valence-electron chi connectivity index (χ1n) is 10.5. The minimum Gasteiger partial charge on any atom is -0.394 e. The summed E-state index contributed by atoms with van der Waals surface area (Å²) in [5.74, 6) is -0.116. The lowest BCUT2D eigenvalue weighted by molar-refractivity contribution is -0.128. The smallest absolute Gasteiger partial charge is 0.226 e. The third-order valence-corrected chi connectivity index (χ3v) is 5.39. The van der Waals surface area contributed by atoms with Gasteiger partial charge in [-0.3, -0.25) is 19.4 Å². The molecule has 9 nitrogen and oxygen atoms in total. The normalized spacial score (nSPS) is 21.0. The average Bonchev–Trinajstić information content (AvgIpc) is 3.29. The maximum Gasteiger partial charge on any atom is 0.226 e. The highest BCUT2D eigenvalue weighted by atomic mass is 16.5. The monoisotopic (exact) mass is 422 g/mol. The van der Waals surface area contributed by atoms with Crippen LogP contribution in [0.25, 0.3) is 11.3 Å². The van der Waals surface area contributed by atoms with Gasteiger partial charge in [0.2, 0.25) is 5.91 Å². The molecule has 1 amide bonds. The Morgan fingerprint density at radius 3 is 2.94 bits per heavy atom. The molecule has 162 valence electrons. The van der Waals surface area contributed by atoms with Gasteiger partial charge in [0.25, 0.3) is 0 Å². The van der Waals surface area contributed by atoms with Gasteiger partial charge in [-0.15, -0.1) is 5.10 Å². The number of carbonyl (C=O) groups is 1. The van der Waals surface area contributed by atoms with Gasteiger partial charge < -0.3 is 15.2 Å². The van der Waals surface area contributed by atoms with Gasteiger partial charge in [0.15, 0.2) is 0 Å². The first kappa shape index (κ1) is 21.1. The lowest BCUT2D eigenvalue weighted by Crippen LogP contribution is -2.51. The number of pyridine rings is 2. The van der Waals surface area contributed by atoms with Gasteiger partial charge >= 0.3 is 0 Å². The third kappa shape index (κ3) is 5.71. The first-order valence-corrected chi connectivity index (χ1v) is 10.5. The molecule has 0 radical (unpaired) electrons. The van der Waals surface area contributed by atoms with Crippen molar-refractivity contribution in [2.24, 2.45) is 0 Å². The third-order valence-electron chi connectivity index (χ3n) is 5.39. The van der Waals surface area contributed by atoms with E-state index in [2.05, 4.69) is 25.6 Å². The summed E-state index contributed by atoms with van der Waals surface area (Å²) >= 11 is 0. The van der Waals surface area contributed by atoms with Crippen LogP contribution in [0.3, 0.4) is 0 Å². The summed E-state index contributed by atoms with van der Waals surface area (Å²) in [7, 11) is 0. The molecule has 3 aromatic heterocycles. The van der Waals surface area contributed by atoms with Crippen molar-refractivity contribution in [2.45, 2.75) is 50.5 Å². The highest BCUT2D eigenvalue weighted by molar-refractivity contribution is 5.78. The number of aryl methyl sites for hydroxylation is 1. The van der Waals surface area contributed by atoms with Crippen LogP contribution in [-0.4, -0.2) is 60.8 Å². The van der Waals surface area contributed by atoms with Gasteiger partial charge in [-0.2, -0.15) is 0 Å². The SMILES string of the molecule is O=C(Cc1ccccn1)N[C@@H]1CC[C@@H](CCn2cc(-c3cccnc3)nn2)O[C@@H]1CO. The zero-order valence-electron chi connectivity index (χ0n) is 17.2. The van der Waals surface area contributed by atoms with E-state index in [0.29, 0.717) is 12.2 Å². The van der Waals surface area contributed by atoms with Crippen LogP contribution in [0.2, 0.25) is 0 Å². The summed E-state index contributed by atoms with van der Waals surface area (Å²) in [6, 6.07) is 9.10. The molecule has 1 aliphatic heterocycles. The second-order valence-corrected chi connectivity index (χ2v) is 7.63. The molecule has 0 aromatic carbocycles. The first-order chi connectivity index (χ1) is 15.2. The number of amides is 1. The van der Waals surface area contributed by atoms with Crippen molar-refractivity contribution in [3.8, 4) is 11.3 Å². The van der Waals surface area contributed by atoms with Gasteiger partial charge in [-0.05, 0) is 43.5 Å². The zero-order valence-corrected chi connectivity index (χ0v) is 17.2. The number of aliphatic hydroxyl groups is 1. The molecule has 1 aliphatic rings. The molecule has 1 saturated heterocycles. The van der Waals surface area contributed by atoms with E-state index >= 15 is 0 Å². The molecular weight excluding hydrogens is 396 g/mol. The van der Waals surface area contributed by atoms with E-state index in [9.17, 15) is 9.90 Å². The standard InChI is InChI=1S/C22H26N6O3/c29-15-21-19(25-22(30)12-17-5-1-2-10-24-17)7-6-18(31-21)8-11-28-14-20(26-27-28)16-4-3-9-23-13-16/h1-5,9-10,13-14,18-19,21,29H,6-8,11-12,15H2,(H,25,30)/t18-,19+,21+/m0/s1. The summed E-state index contributed by atoms with van der Waals surface area (Å²) in [4.78, 5) is 20.6. The molecule has 0 bridgehead atoms. The number of hydrogen-bond acceptors (Lipinski definition) is 7. The maximum atomic E-state index is 12.3. The molecule has 31 heavy (non-hydrogen) atoms. The summed E-state index contributed by atoms with van der Waals surface area (Å²) in [5, 5.41) is 21.1. The molecule has 0 spiro atoms. The van der Waals surface area contributed by atoms with Crippen molar-refractivity contribution < 1.29 is 14.6 Å². The van der Waals surface area contributed by atoms with Crippen LogP contribution in [-0.2, 0) is 22.5 Å². The van der Waals surface area contributed by atoms with Crippen molar-refractivity contribution in [1.82, 2.24) is 30.3 Å². The molecule has 4 heterocycles. The minimum atomic E-state index is -0.423. The molecule has 1 fully saturated rings. The van der Waals surface area contributed by atoms with Gasteiger partial charge in [-0.25, -0.2) is 0 Å². The van der Waals surface area contributed by atoms with Gasteiger partial charge in [0.1, 0.15) is 11.8 Å². The van der Waals surface area contributed by atoms with E-state index in [-0.39, 0.29) is 31.1 Å². The Morgan fingerprint density at radius 1 is 1.23 bits per heavy atom. The van der Waals surface area contributed by atoms with Gasteiger partial charge in [0, 0.05) is 36.4 Å². The van der Waals surface area contributed by atoms with Crippen LogP contribution < -0.4 is 5.32 Å². The summed E-state index contributed by atoms with van der Waals surface area (Å²) in [5.41, 5.74) is 2.42. The molecule has 2 N–H and O–H groups in total. The van der Waals surface area contributed by atoms with E-state index in [4.69, 9.17) is 4.74 Å². The Labute approximate surface area is 180 Å². The number of nitrogens with zero attached hydrogens (tertiary/aromatic N) is 5. The van der Waals surface area contributed by atoms with Crippen molar-refractivity contribution >= 4 is 5.91 Å². The van der Waals surface area contributed by atoms with Gasteiger partial charge in [0.05, 0.1) is 31.4 Å². The molecule has 3 aromatic rings. The van der Waals surface area contributed by atoms with Crippen molar-refractivity contribution in [3.05, 3.63) is 60.8 Å². The Kier molecular flexibility index (Phi) is 6.96. The predicted molar refractivity (Wildman–Crippen MR) is 113 cm³/mol. The van der Waals surface area contributed by atoms with E-state index in [1.807, 2.05) is 36.5 Å². The van der Waals surface area contributed by atoms with Crippen molar-refractivity contribution in [1.29, 1.82) is 0 Å². The number of aromatic nitrogens is 5. The highest BCUT2D eigenvalue weighted by Crippen LogP contribution is 2.23.